The largest absolute Gasteiger partial charge is 0.478 e. The summed E-state index contributed by atoms with van der Waals surface area (Å²) < 4.78 is 0. The number of carboxylic acids is 1. The highest BCUT2D eigenvalue weighted by Gasteiger charge is 2.12. The third kappa shape index (κ3) is 5.72. The fraction of sp³-hybridized carbons (Fsp3) is 0.562. The van der Waals surface area contributed by atoms with E-state index in [1.54, 1.807) is 18.2 Å². The van der Waals surface area contributed by atoms with Gasteiger partial charge in [0.2, 0.25) is 0 Å². The zero-order valence-corrected chi connectivity index (χ0v) is 12.9. The van der Waals surface area contributed by atoms with Crippen molar-refractivity contribution in [2.45, 2.75) is 32.9 Å². The Labute approximate surface area is 121 Å². The van der Waals surface area contributed by atoms with Crippen molar-refractivity contribution >= 4 is 5.97 Å². The topological polar surface area (TPSA) is 52.6 Å². The number of carbonyl (C=O) groups is 1. The molecule has 0 aliphatic carbocycles. The fourth-order valence-electron chi connectivity index (χ4n) is 2.22. The maximum absolute atomic E-state index is 10.9. The summed E-state index contributed by atoms with van der Waals surface area (Å²) >= 11 is 0. The number of aromatic carboxylic acids is 1. The van der Waals surface area contributed by atoms with Crippen molar-refractivity contribution in [3.63, 3.8) is 0 Å². The third-order valence-electron chi connectivity index (χ3n) is 3.36. The molecule has 0 aromatic heterocycles. The molecular formula is C16H26N2O2. The van der Waals surface area contributed by atoms with Crippen molar-refractivity contribution in [1.29, 1.82) is 0 Å². The molecule has 1 rings (SSSR count). The molecule has 2 N–H and O–H groups in total. The molecule has 0 aliphatic heterocycles. The maximum atomic E-state index is 10.9. The lowest BCUT2D eigenvalue weighted by molar-refractivity contribution is 0.0696. The second-order valence-corrected chi connectivity index (χ2v) is 5.88. The molecular weight excluding hydrogens is 252 g/mol. The summed E-state index contributed by atoms with van der Waals surface area (Å²) in [5.74, 6) is -0.211. The molecule has 0 heterocycles. The highest BCUT2D eigenvalue weighted by molar-refractivity contribution is 5.87. The van der Waals surface area contributed by atoms with E-state index < -0.39 is 5.97 Å². The second-order valence-electron chi connectivity index (χ2n) is 5.88. The van der Waals surface area contributed by atoms with Crippen molar-refractivity contribution in [2.24, 2.45) is 5.92 Å². The van der Waals surface area contributed by atoms with Crippen molar-refractivity contribution in [1.82, 2.24) is 10.2 Å². The Morgan fingerprint density at radius 2 is 2.05 bits per heavy atom. The van der Waals surface area contributed by atoms with Crippen LogP contribution in [0.3, 0.4) is 0 Å². The van der Waals surface area contributed by atoms with Gasteiger partial charge in [-0.2, -0.15) is 0 Å². The minimum Gasteiger partial charge on any atom is -0.478 e. The first kappa shape index (κ1) is 16.7. The van der Waals surface area contributed by atoms with E-state index in [1.165, 1.54) is 0 Å². The Kier molecular flexibility index (Phi) is 6.68. The highest BCUT2D eigenvalue weighted by Crippen LogP contribution is 2.09. The number of likely N-dealkylation sites (N-methyl/N-ethyl adjacent to an activating group) is 1. The Morgan fingerprint density at radius 3 is 2.60 bits per heavy atom. The lowest BCUT2D eigenvalue weighted by Gasteiger charge is -2.26. The summed E-state index contributed by atoms with van der Waals surface area (Å²) in [4.78, 5) is 13.2. The Balaban J connectivity index is 2.50. The van der Waals surface area contributed by atoms with Crippen molar-refractivity contribution in [2.75, 3.05) is 20.6 Å². The van der Waals surface area contributed by atoms with Crippen LogP contribution in [-0.4, -0.2) is 42.7 Å². The molecule has 0 bridgehead atoms. The van der Waals surface area contributed by atoms with Gasteiger partial charge in [-0.05, 0) is 44.1 Å². The van der Waals surface area contributed by atoms with Crippen molar-refractivity contribution in [3.05, 3.63) is 35.4 Å². The Hall–Kier alpha value is -1.39. The summed E-state index contributed by atoms with van der Waals surface area (Å²) in [7, 11) is 4.19. The van der Waals surface area contributed by atoms with Gasteiger partial charge in [-0.1, -0.05) is 26.0 Å². The van der Waals surface area contributed by atoms with Crippen LogP contribution in [0.2, 0.25) is 0 Å². The molecule has 0 radical (unpaired) electrons. The zero-order valence-electron chi connectivity index (χ0n) is 12.9. The van der Waals surface area contributed by atoms with Crippen LogP contribution in [0.5, 0.6) is 0 Å². The quantitative estimate of drug-likeness (QED) is 0.767. The fourth-order valence-corrected chi connectivity index (χ4v) is 2.22. The molecule has 1 aromatic rings. The van der Waals surface area contributed by atoms with Gasteiger partial charge in [0.25, 0.3) is 0 Å². The molecule has 1 atom stereocenters. The van der Waals surface area contributed by atoms with E-state index in [-0.39, 0.29) is 0 Å². The molecule has 112 valence electrons. The first-order chi connectivity index (χ1) is 9.40. The average Bonchev–Trinajstić information content (AvgIpc) is 2.37. The molecule has 20 heavy (non-hydrogen) atoms. The molecule has 0 fully saturated rings. The molecule has 0 amide bonds. The normalized spacial score (nSPS) is 12.9. The molecule has 0 aliphatic rings. The number of hydrogen-bond donors (Lipinski definition) is 2. The number of nitrogens with one attached hydrogen (secondary N) is 1. The number of rotatable bonds is 8. The summed E-state index contributed by atoms with van der Waals surface area (Å²) in [5, 5.41) is 12.4. The zero-order chi connectivity index (χ0) is 15.1. The lowest BCUT2D eigenvalue weighted by Crippen LogP contribution is -2.38. The van der Waals surface area contributed by atoms with Crippen LogP contribution in [-0.2, 0) is 6.54 Å². The lowest BCUT2D eigenvalue weighted by atomic mass is 10.0. The Bertz CT molecular complexity index is 430. The van der Waals surface area contributed by atoms with Gasteiger partial charge in [-0.25, -0.2) is 4.79 Å². The van der Waals surface area contributed by atoms with Crippen LogP contribution in [0, 0.1) is 5.92 Å². The summed E-state index contributed by atoms with van der Waals surface area (Å²) in [6.07, 6.45) is 1.15. The van der Waals surface area contributed by atoms with E-state index in [0.717, 1.165) is 18.5 Å². The van der Waals surface area contributed by atoms with Gasteiger partial charge in [0, 0.05) is 19.1 Å². The van der Waals surface area contributed by atoms with Crippen LogP contribution in [0.25, 0.3) is 0 Å². The number of carboxylic acid groups (broad SMARTS) is 1. The van der Waals surface area contributed by atoms with Gasteiger partial charge in [-0.15, -0.1) is 0 Å². The Morgan fingerprint density at radius 1 is 1.35 bits per heavy atom. The van der Waals surface area contributed by atoms with E-state index in [4.69, 9.17) is 5.11 Å². The van der Waals surface area contributed by atoms with Gasteiger partial charge in [0.15, 0.2) is 0 Å². The van der Waals surface area contributed by atoms with Gasteiger partial charge in [0.05, 0.1) is 5.56 Å². The van der Waals surface area contributed by atoms with Gasteiger partial charge in [0.1, 0.15) is 0 Å². The van der Waals surface area contributed by atoms with E-state index in [2.05, 4.69) is 38.2 Å². The summed E-state index contributed by atoms with van der Waals surface area (Å²) in [6, 6.07) is 7.58. The van der Waals surface area contributed by atoms with E-state index in [9.17, 15) is 4.79 Å². The van der Waals surface area contributed by atoms with Crippen LogP contribution in [0.15, 0.2) is 24.3 Å². The SMILES string of the molecule is CC(C)CC(CNCc1cccc(C(=O)O)c1)N(C)C. The molecule has 4 nitrogen and oxygen atoms in total. The monoisotopic (exact) mass is 278 g/mol. The number of nitrogens with zero attached hydrogens (tertiary/aromatic N) is 1. The first-order valence-electron chi connectivity index (χ1n) is 7.09. The number of hydrogen-bond acceptors (Lipinski definition) is 3. The average molecular weight is 278 g/mol. The minimum atomic E-state index is -0.877. The van der Waals surface area contributed by atoms with Gasteiger partial charge >= 0.3 is 5.97 Å². The van der Waals surface area contributed by atoms with Gasteiger partial charge < -0.3 is 15.3 Å². The third-order valence-corrected chi connectivity index (χ3v) is 3.36. The second kappa shape index (κ2) is 8.02. The van der Waals surface area contributed by atoms with Gasteiger partial charge in [-0.3, -0.25) is 0 Å². The summed E-state index contributed by atoms with van der Waals surface area (Å²) in [6.45, 7) is 6.06. The predicted octanol–water partition coefficient (Wildman–Crippen LogP) is 2.45. The van der Waals surface area contributed by atoms with Crippen molar-refractivity contribution in [3.8, 4) is 0 Å². The van der Waals surface area contributed by atoms with E-state index in [0.29, 0.717) is 24.1 Å². The molecule has 0 saturated carbocycles. The number of benzene rings is 1. The maximum Gasteiger partial charge on any atom is 0.335 e. The standard InChI is InChI=1S/C16H26N2O2/c1-12(2)8-15(18(3)4)11-17-10-13-6-5-7-14(9-13)16(19)20/h5-7,9,12,15,17H,8,10-11H2,1-4H3,(H,19,20). The van der Waals surface area contributed by atoms with Crippen LogP contribution >= 0.6 is 0 Å². The van der Waals surface area contributed by atoms with Crippen LogP contribution in [0.4, 0.5) is 0 Å². The molecule has 4 heteroatoms. The van der Waals surface area contributed by atoms with Crippen LogP contribution in [0.1, 0.15) is 36.2 Å². The highest BCUT2D eigenvalue weighted by atomic mass is 16.4. The molecule has 0 spiro atoms. The molecule has 1 aromatic carbocycles. The van der Waals surface area contributed by atoms with Crippen molar-refractivity contribution < 1.29 is 9.90 Å². The first-order valence-corrected chi connectivity index (χ1v) is 7.09. The summed E-state index contributed by atoms with van der Waals surface area (Å²) in [5.41, 5.74) is 1.35. The van der Waals surface area contributed by atoms with E-state index in [1.807, 2.05) is 6.07 Å². The predicted molar refractivity (Wildman–Crippen MR) is 82.0 cm³/mol. The molecule has 1 unspecified atom stereocenters. The van der Waals surface area contributed by atoms with E-state index >= 15 is 0 Å². The minimum absolute atomic E-state index is 0.343. The van der Waals surface area contributed by atoms with Crippen LogP contribution < -0.4 is 5.32 Å². The molecule has 0 saturated heterocycles. The smallest absolute Gasteiger partial charge is 0.335 e.